The number of halogens is 7. The molecule has 3 nitrogen and oxygen atoms in total. The van der Waals surface area contributed by atoms with Crippen LogP contribution in [0.4, 0.5) is 30.7 Å². The van der Waals surface area contributed by atoms with E-state index in [0.717, 1.165) is 0 Å². The zero-order valence-electron chi connectivity index (χ0n) is 15.7. The largest absolute Gasteiger partial charge is 0.451 e. The van der Waals surface area contributed by atoms with Crippen molar-refractivity contribution >= 4 is 0 Å². The SMILES string of the molecule is CCCc1ccc(C2COC(C(F)(F)Oc3cc(F)c(F)c(F)c3)OC2)c(F)c1F. The first-order chi connectivity index (χ1) is 14.1. The molecule has 1 fully saturated rings. The van der Waals surface area contributed by atoms with Crippen molar-refractivity contribution in [2.75, 3.05) is 13.2 Å². The fourth-order valence-electron chi connectivity index (χ4n) is 3.06. The van der Waals surface area contributed by atoms with E-state index in [0.29, 0.717) is 12.8 Å². The van der Waals surface area contributed by atoms with Crippen LogP contribution in [0.15, 0.2) is 24.3 Å². The first-order valence-corrected chi connectivity index (χ1v) is 9.05. The highest BCUT2D eigenvalue weighted by Crippen LogP contribution is 2.34. The van der Waals surface area contributed by atoms with Crippen molar-refractivity contribution < 1.29 is 44.9 Å². The van der Waals surface area contributed by atoms with E-state index in [-0.39, 0.29) is 23.3 Å². The summed E-state index contributed by atoms with van der Waals surface area (Å²) in [6.07, 6.45) is -5.52. The molecule has 164 valence electrons. The summed E-state index contributed by atoms with van der Waals surface area (Å²) >= 11 is 0. The second kappa shape index (κ2) is 8.81. The Kier molecular flexibility index (Phi) is 6.56. The summed E-state index contributed by atoms with van der Waals surface area (Å²) in [6.45, 7) is 0.920. The molecule has 1 aliphatic heterocycles. The maximum absolute atomic E-state index is 14.3. The van der Waals surface area contributed by atoms with Gasteiger partial charge in [0.25, 0.3) is 6.29 Å². The van der Waals surface area contributed by atoms with E-state index in [2.05, 4.69) is 4.74 Å². The lowest BCUT2D eigenvalue weighted by molar-refractivity contribution is -0.347. The van der Waals surface area contributed by atoms with Gasteiger partial charge >= 0.3 is 6.11 Å². The van der Waals surface area contributed by atoms with Crippen molar-refractivity contribution in [3.8, 4) is 5.75 Å². The Bertz CT molecular complexity index is 889. The third-order valence-corrected chi connectivity index (χ3v) is 4.53. The standard InChI is InChI=1S/C20H17F7O3/c1-2-3-10-4-5-13(17(24)16(10)23)11-8-28-19(29-9-11)20(26,27)30-12-6-14(21)18(25)15(22)7-12/h4-7,11,19H,2-3,8-9H2,1H3. The highest BCUT2D eigenvalue weighted by atomic mass is 19.3. The Morgan fingerprint density at radius 1 is 0.933 bits per heavy atom. The van der Waals surface area contributed by atoms with Crippen LogP contribution >= 0.6 is 0 Å². The summed E-state index contributed by atoms with van der Waals surface area (Å²) in [5.41, 5.74) is 0.116. The molecule has 0 saturated carbocycles. The highest BCUT2D eigenvalue weighted by molar-refractivity contribution is 5.30. The van der Waals surface area contributed by atoms with Crippen molar-refractivity contribution in [2.45, 2.75) is 38.1 Å². The van der Waals surface area contributed by atoms with Crippen LogP contribution in [0, 0.1) is 29.1 Å². The molecule has 30 heavy (non-hydrogen) atoms. The summed E-state index contributed by atoms with van der Waals surface area (Å²) in [7, 11) is 0. The number of aryl methyl sites for hydroxylation is 1. The summed E-state index contributed by atoms with van der Waals surface area (Å²) in [4.78, 5) is 0. The molecule has 0 aromatic heterocycles. The van der Waals surface area contributed by atoms with Crippen LogP contribution in [0.3, 0.4) is 0 Å². The molecule has 0 unspecified atom stereocenters. The molecular weight excluding hydrogens is 421 g/mol. The normalized spacial score (nSPS) is 19.7. The van der Waals surface area contributed by atoms with Gasteiger partial charge in [-0.15, -0.1) is 0 Å². The third kappa shape index (κ3) is 4.54. The summed E-state index contributed by atoms with van der Waals surface area (Å²) in [5, 5.41) is 0. The van der Waals surface area contributed by atoms with Gasteiger partial charge in [0.1, 0.15) is 5.75 Å². The number of hydrogen-bond donors (Lipinski definition) is 0. The van der Waals surface area contributed by atoms with Gasteiger partial charge in [0.05, 0.1) is 13.2 Å². The molecule has 3 rings (SSSR count). The molecular formula is C20H17F7O3. The molecule has 10 heteroatoms. The maximum Gasteiger partial charge on any atom is 0.451 e. The van der Waals surface area contributed by atoms with Gasteiger partial charge in [0.15, 0.2) is 29.1 Å². The molecule has 0 radical (unpaired) electrons. The van der Waals surface area contributed by atoms with Crippen LogP contribution in [-0.4, -0.2) is 25.6 Å². The average Bonchev–Trinajstić information content (AvgIpc) is 2.70. The second-order valence-corrected chi connectivity index (χ2v) is 6.75. The van der Waals surface area contributed by atoms with Crippen molar-refractivity contribution in [3.63, 3.8) is 0 Å². The summed E-state index contributed by atoms with van der Waals surface area (Å²) in [5.74, 6) is -9.21. The van der Waals surface area contributed by atoms with Crippen LogP contribution in [0.1, 0.15) is 30.4 Å². The van der Waals surface area contributed by atoms with Crippen molar-refractivity contribution in [3.05, 3.63) is 64.5 Å². The molecule has 0 bridgehead atoms. The van der Waals surface area contributed by atoms with Crippen molar-refractivity contribution in [2.24, 2.45) is 0 Å². The van der Waals surface area contributed by atoms with Crippen LogP contribution in [0.2, 0.25) is 0 Å². The maximum atomic E-state index is 14.3. The lowest BCUT2D eigenvalue weighted by Crippen LogP contribution is -2.47. The van der Waals surface area contributed by atoms with Gasteiger partial charge in [-0.05, 0) is 17.5 Å². The van der Waals surface area contributed by atoms with Gasteiger partial charge in [-0.1, -0.05) is 25.5 Å². The monoisotopic (exact) mass is 438 g/mol. The Balaban J connectivity index is 1.68. The highest BCUT2D eigenvalue weighted by Gasteiger charge is 2.48. The van der Waals surface area contributed by atoms with E-state index < -0.39 is 66.4 Å². The van der Waals surface area contributed by atoms with E-state index >= 15 is 0 Å². The van der Waals surface area contributed by atoms with Gasteiger partial charge in [-0.25, -0.2) is 22.0 Å². The van der Waals surface area contributed by atoms with E-state index in [1.165, 1.54) is 12.1 Å². The van der Waals surface area contributed by atoms with Crippen LogP contribution in [0.5, 0.6) is 5.75 Å². The Labute approximate surface area is 167 Å². The molecule has 0 atom stereocenters. The van der Waals surface area contributed by atoms with Gasteiger partial charge in [-0.3, -0.25) is 0 Å². The predicted molar refractivity (Wildman–Crippen MR) is 90.7 cm³/mol. The van der Waals surface area contributed by atoms with E-state index in [1.54, 1.807) is 0 Å². The van der Waals surface area contributed by atoms with Gasteiger partial charge in [0.2, 0.25) is 0 Å². The second-order valence-electron chi connectivity index (χ2n) is 6.75. The molecule has 2 aromatic rings. The third-order valence-electron chi connectivity index (χ3n) is 4.53. The lowest BCUT2D eigenvalue weighted by Gasteiger charge is -2.33. The van der Waals surface area contributed by atoms with Crippen LogP contribution in [-0.2, 0) is 15.9 Å². The minimum Gasteiger partial charge on any atom is -0.429 e. The van der Waals surface area contributed by atoms with Crippen LogP contribution < -0.4 is 4.74 Å². The lowest BCUT2D eigenvalue weighted by atomic mass is 9.96. The summed E-state index contributed by atoms with van der Waals surface area (Å²) in [6, 6.07) is 3.25. The fraction of sp³-hybridized carbons (Fsp3) is 0.400. The molecule has 0 spiro atoms. The quantitative estimate of drug-likeness (QED) is 0.443. The first-order valence-electron chi connectivity index (χ1n) is 9.05. The fourth-order valence-corrected chi connectivity index (χ4v) is 3.06. The minimum absolute atomic E-state index is 0.0854. The minimum atomic E-state index is -4.20. The molecule has 0 aliphatic carbocycles. The first kappa shape index (κ1) is 22.4. The number of alkyl halides is 2. The number of rotatable bonds is 6. The molecule has 2 aromatic carbocycles. The Morgan fingerprint density at radius 2 is 1.53 bits per heavy atom. The molecule has 1 saturated heterocycles. The predicted octanol–water partition coefficient (Wildman–Crippen LogP) is 5.46. The molecule has 1 aliphatic rings. The van der Waals surface area contributed by atoms with E-state index in [4.69, 9.17) is 9.47 Å². The molecule has 0 N–H and O–H groups in total. The zero-order valence-corrected chi connectivity index (χ0v) is 15.7. The van der Waals surface area contributed by atoms with Gasteiger partial charge < -0.3 is 14.2 Å². The zero-order chi connectivity index (χ0) is 22.1. The number of hydrogen-bond acceptors (Lipinski definition) is 3. The smallest absolute Gasteiger partial charge is 0.429 e. The topological polar surface area (TPSA) is 27.7 Å². The van der Waals surface area contributed by atoms with Crippen molar-refractivity contribution in [1.29, 1.82) is 0 Å². The molecule has 1 heterocycles. The van der Waals surface area contributed by atoms with Gasteiger partial charge in [0, 0.05) is 18.1 Å². The van der Waals surface area contributed by atoms with E-state index in [1.807, 2.05) is 6.92 Å². The van der Waals surface area contributed by atoms with Crippen molar-refractivity contribution in [1.82, 2.24) is 0 Å². The van der Waals surface area contributed by atoms with E-state index in [9.17, 15) is 30.7 Å². The number of benzene rings is 2. The average molecular weight is 438 g/mol. The van der Waals surface area contributed by atoms with Crippen LogP contribution in [0.25, 0.3) is 0 Å². The molecule has 0 amide bonds. The number of ether oxygens (including phenoxy) is 3. The Hall–Kier alpha value is -2.33. The Morgan fingerprint density at radius 3 is 2.10 bits per heavy atom. The summed E-state index contributed by atoms with van der Waals surface area (Å²) < 4.78 is 110. The van der Waals surface area contributed by atoms with Gasteiger partial charge in [-0.2, -0.15) is 8.78 Å².